The van der Waals surface area contributed by atoms with Gasteiger partial charge in [-0.2, -0.15) is 0 Å². The smallest absolute Gasteiger partial charge is 0.331 e. The second-order valence-electron chi connectivity index (χ2n) is 6.98. The SMILES string of the molecule is C[C@H](OC(=O)/C=C/c1cn(Cc2ccccc2)nn1)C(=O)NC(C)(C)C. The van der Waals surface area contributed by atoms with Gasteiger partial charge >= 0.3 is 5.97 Å². The molecular formula is C19H24N4O3. The zero-order valence-electron chi connectivity index (χ0n) is 15.5. The number of nitrogens with one attached hydrogen (secondary N) is 1. The van der Waals surface area contributed by atoms with Gasteiger partial charge in [-0.25, -0.2) is 9.48 Å². The summed E-state index contributed by atoms with van der Waals surface area (Å²) in [6.45, 7) is 7.70. The van der Waals surface area contributed by atoms with Crippen molar-refractivity contribution in [2.45, 2.75) is 45.9 Å². The Balaban J connectivity index is 1.87. The molecule has 1 aromatic carbocycles. The zero-order chi connectivity index (χ0) is 19.2. The third-order valence-electron chi connectivity index (χ3n) is 3.29. The normalized spacial score (nSPS) is 12.8. The van der Waals surface area contributed by atoms with Gasteiger partial charge in [-0.1, -0.05) is 35.5 Å². The van der Waals surface area contributed by atoms with Crippen LogP contribution in [0.15, 0.2) is 42.6 Å². The van der Waals surface area contributed by atoms with Crippen LogP contribution in [0.3, 0.4) is 0 Å². The van der Waals surface area contributed by atoms with Gasteiger partial charge in [0.2, 0.25) is 0 Å². The molecule has 1 aromatic heterocycles. The first-order valence-electron chi connectivity index (χ1n) is 8.38. The van der Waals surface area contributed by atoms with Crippen molar-refractivity contribution in [2.75, 3.05) is 0 Å². The molecular weight excluding hydrogens is 332 g/mol. The summed E-state index contributed by atoms with van der Waals surface area (Å²) >= 11 is 0. The maximum absolute atomic E-state index is 11.9. The first-order chi connectivity index (χ1) is 12.2. The molecule has 7 nitrogen and oxygen atoms in total. The molecule has 1 atom stereocenters. The zero-order valence-corrected chi connectivity index (χ0v) is 15.5. The van der Waals surface area contributed by atoms with Crippen LogP contribution in [0.2, 0.25) is 0 Å². The summed E-state index contributed by atoms with van der Waals surface area (Å²) in [4.78, 5) is 23.8. The van der Waals surface area contributed by atoms with E-state index in [0.29, 0.717) is 12.2 Å². The number of amides is 1. The molecule has 0 bridgehead atoms. The number of benzene rings is 1. The fraction of sp³-hybridized carbons (Fsp3) is 0.368. The van der Waals surface area contributed by atoms with E-state index in [0.717, 1.165) is 5.56 Å². The third-order valence-corrected chi connectivity index (χ3v) is 3.29. The minimum absolute atomic E-state index is 0.340. The Kier molecular flexibility index (Phi) is 6.27. The minimum Gasteiger partial charge on any atom is -0.449 e. The molecule has 0 saturated heterocycles. The highest BCUT2D eigenvalue weighted by Crippen LogP contribution is 2.05. The number of nitrogens with zero attached hydrogens (tertiary/aromatic N) is 3. The van der Waals surface area contributed by atoms with Crippen molar-refractivity contribution in [3.05, 3.63) is 53.9 Å². The number of esters is 1. The molecule has 0 aliphatic heterocycles. The van der Waals surface area contributed by atoms with E-state index in [1.165, 1.54) is 19.1 Å². The predicted molar refractivity (Wildman–Crippen MR) is 98.0 cm³/mol. The van der Waals surface area contributed by atoms with E-state index < -0.39 is 12.1 Å². The van der Waals surface area contributed by atoms with Crippen LogP contribution in [-0.4, -0.2) is 38.5 Å². The lowest BCUT2D eigenvalue weighted by Gasteiger charge is -2.22. The molecule has 1 N–H and O–H groups in total. The average Bonchev–Trinajstić information content (AvgIpc) is 3.00. The van der Waals surface area contributed by atoms with Gasteiger partial charge in [-0.05, 0) is 39.3 Å². The number of carbonyl (C=O) groups is 2. The fourth-order valence-electron chi connectivity index (χ4n) is 2.13. The number of carbonyl (C=O) groups excluding carboxylic acids is 2. The van der Waals surface area contributed by atoms with Crippen molar-refractivity contribution in [3.63, 3.8) is 0 Å². The highest BCUT2D eigenvalue weighted by molar-refractivity contribution is 5.90. The van der Waals surface area contributed by atoms with E-state index in [-0.39, 0.29) is 11.4 Å². The standard InChI is InChI=1S/C19H24N4O3/c1-14(18(25)20-19(2,3)4)26-17(24)11-10-16-13-23(22-21-16)12-15-8-6-5-7-9-15/h5-11,13-14H,12H2,1-4H3,(H,20,25)/b11-10+/t14-/m0/s1. The first-order valence-corrected chi connectivity index (χ1v) is 8.38. The number of ether oxygens (including phenoxy) is 1. The van der Waals surface area contributed by atoms with Crippen molar-refractivity contribution in [1.29, 1.82) is 0 Å². The summed E-state index contributed by atoms with van der Waals surface area (Å²) in [5.41, 5.74) is 1.25. The number of rotatable bonds is 6. The summed E-state index contributed by atoms with van der Waals surface area (Å²) < 4.78 is 6.77. The Morgan fingerprint density at radius 1 is 1.27 bits per heavy atom. The van der Waals surface area contributed by atoms with E-state index in [1.54, 1.807) is 10.9 Å². The molecule has 138 valence electrons. The highest BCUT2D eigenvalue weighted by Gasteiger charge is 2.21. The van der Waals surface area contributed by atoms with E-state index in [2.05, 4.69) is 15.6 Å². The first kappa shape index (κ1) is 19.4. The topological polar surface area (TPSA) is 86.1 Å². The Labute approximate surface area is 153 Å². The number of aromatic nitrogens is 3. The largest absolute Gasteiger partial charge is 0.449 e. The van der Waals surface area contributed by atoms with Crippen molar-refractivity contribution >= 4 is 18.0 Å². The van der Waals surface area contributed by atoms with Gasteiger partial charge in [0.1, 0.15) is 5.69 Å². The summed E-state index contributed by atoms with van der Waals surface area (Å²) in [5.74, 6) is -0.952. The summed E-state index contributed by atoms with van der Waals surface area (Å²) in [6, 6.07) is 9.87. The van der Waals surface area contributed by atoms with Crippen LogP contribution >= 0.6 is 0 Å². The molecule has 7 heteroatoms. The van der Waals surface area contributed by atoms with Crippen molar-refractivity contribution < 1.29 is 14.3 Å². The van der Waals surface area contributed by atoms with Crippen molar-refractivity contribution in [3.8, 4) is 0 Å². The van der Waals surface area contributed by atoms with Gasteiger partial charge < -0.3 is 10.1 Å². The van der Waals surface area contributed by atoms with E-state index >= 15 is 0 Å². The van der Waals surface area contributed by atoms with Crippen molar-refractivity contribution in [2.24, 2.45) is 0 Å². The highest BCUT2D eigenvalue weighted by atomic mass is 16.5. The molecule has 1 amide bonds. The molecule has 0 fully saturated rings. The molecule has 0 unspecified atom stereocenters. The van der Waals surface area contributed by atoms with E-state index in [9.17, 15) is 9.59 Å². The summed E-state index contributed by atoms with van der Waals surface area (Å²) in [5, 5.41) is 10.8. The molecule has 0 saturated carbocycles. The molecule has 2 aromatic rings. The van der Waals surface area contributed by atoms with Crippen molar-refractivity contribution in [1.82, 2.24) is 20.3 Å². The van der Waals surface area contributed by atoms with Gasteiger partial charge in [0.05, 0.1) is 12.7 Å². The van der Waals surface area contributed by atoms with Crippen LogP contribution in [0.4, 0.5) is 0 Å². The van der Waals surface area contributed by atoms with Crippen LogP contribution in [0.5, 0.6) is 0 Å². The Morgan fingerprint density at radius 3 is 2.62 bits per heavy atom. The van der Waals surface area contributed by atoms with Gasteiger partial charge in [-0.15, -0.1) is 5.10 Å². The molecule has 0 aliphatic rings. The van der Waals surface area contributed by atoms with E-state index in [4.69, 9.17) is 4.74 Å². The molecule has 0 aliphatic carbocycles. The Morgan fingerprint density at radius 2 is 1.96 bits per heavy atom. The van der Waals surface area contributed by atoms with Crippen LogP contribution in [0, 0.1) is 0 Å². The Hall–Kier alpha value is -2.96. The van der Waals surface area contributed by atoms with Crippen LogP contribution in [-0.2, 0) is 20.9 Å². The molecule has 0 spiro atoms. The fourth-order valence-corrected chi connectivity index (χ4v) is 2.13. The van der Waals surface area contributed by atoms with E-state index in [1.807, 2.05) is 51.1 Å². The lowest BCUT2D eigenvalue weighted by molar-refractivity contribution is -0.150. The lowest BCUT2D eigenvalue weighted by atomic mass is 10.1. The second kappa shape index (κ2) is 8.42. The van der Waals surface area contributed by atoms with Gasteiger partial charge in [0.25, 0.3) is 5.91 Å². The van der Waals surface area contributed by atoms with Gasteiger partial charge in [0, 0.05) is 11.6 Å². The number of hydrogen-bond acceptors (Lipinski definition) is 5. The number of hydrogen-bond donors (Lipinski definition) is 1. The maximum atomic E-state index is 11.9. The molecule has 2 rings (SSSR count). The quantitative estimate of drug-likeness (QED) is 0.633. The van der Waals surface area contributed by atoms with Crippen LogP contribution in [0.1, 0.15) is 39.0 Å². The molecule has 0 radical (unpaired) electrons. The summed E-state index contributed by atoms with van der Waals surface area (Å²) in [7, 11) is 0. The third kappa shape index (κ3) is 6.51. The molecule has 1 heterocycles. The Bertz CT molecular complexity index is 776. The van der Waals surface area contributed by atoms with Gasteiger partial charge in [-0.3, -0.25) is 4.79 Å². The van der Waals surface area contributed by atoms with Crippen LogP contribution < -0.4 is 5.32 Å². The van der Waals surface area contributed by atoms with Crippen LogP contribution in [0.25, 0.3) is 6.08 Å². The monoisotopic (exact) mass is 356 g/mol. The average molecular weight is 356 g/mol. The summed E-state index contributed by atoms with van der Waals surface area (Å²) in [6.07, 6.45) is 3.59. The lowest BCUT2D eigenvalue weighted by Crippen LogP contribution is -2.46. The molecule has 26 heavy (non-hydrogen) atoms. The maximum Gasteiger partial charge on any atom is 0.331 e. The second-order valence-corrected chi connectivity index (χ2v) is 6.98. The van der Waals surface area contributed by atoms with Gasteiger partial charge in [0.15, 0.2) is 6.10 Å². The minimum atomic E-state index is -0.875. The predicted octanol–water partition coefficient (Wildman–Crippen LogP) is 2.19.